The number of hydrogen-bond acceptors (Lipinski definition) is 7. The Hall–Kier alpha value is -2.12. The highest BCUT2D eigenvalue weighted by Crippen LogP contribution is 2.32. The van der Waals surface area contributed by atoms with Crippen LogP contribution in [0.15, 0.2) is 18.5 Å². The Bertz CT molecular complexity index is 722. The van der Waals surface area contributed by atoms with Crippen molar-refractivity contribution in [3.63, 3.8) is 0 Å². The van der Waals surface area contributed by atoms with Gasteiger partial charge in [-0.1, -0.05) is 0 Å². The number of nitrogens with two attached hydrogens (primary N) is 2. The lowest BCUT2D eigenvalue weighted by Crippen LogP contribution is -2.49. The van der Waals surface area contributed by atoms with E-state index in [1.807, 2.05) is 12.1 Å². The van der Waals surface area contributed by atoms with E-state index in [2.05, 4.69) is 19.8 Å². The summed E-state index contributed by atoms with van der Waals surface area (Å²) in [7, 11) is 0. The monoisotopic (exact) mass is 328 g/mol. The molecule has 0 bridgehead atoms. The van der Waals surface area contributed by atoms with Crippen molar-refractivity contribution in [1.82, 2.24) is 14.9 Å². The van der Waals surface area contributed by atoms with E-state index in [1.54, 1.807) is 0 Å². The van der Waals surface area contributed by atoms with Gasteiger partial charge < -0.3 is 21.1 Å². The van der Waals surface area contributed by atoms with E-state index in [0.29, 0.717) is 11.9 Å². The Morgan fingerprint density at radius 1 is 1.00 bits per heavy atom. The molecule has 0 aliphatic carbocycles. The number of ether oxygens (including phenoxy) is 1. The van der Waals surface area contributed by atoms with Crippen LogP contribution in [0.3, 0.4) is 0 Å². The normalized spacial score (nSPS) is 20.6. The summed E-state index contributed by atoms with van der Waals surface area (Å²) in [5, 5.41) is 0.821. The van der Waals surface area contributed by atoms with Gasteiger partial charge in [0.25, 0.3) is 0 Å². The molecule has 4 N–H and O–H groups in total. The molecule has 2 aliphatic heterocycles. The fraction of sp³-hybridized carbons (Fsp3) is 0.529. The molecular weight excluding hydrogens is 304 g/mol. The zero-order valence-electron chi connectivity index (χ0n) is 13.8. The predicted octanol–water partition coefficient (Wildman–Crippen LogP) is 1.10. The zero-order chi connectivity index (χ0) is 16.5. The minimum absolute atomic E-state index is 0.476. The van der Waals surface area contributed by atoms with Crippen LogP contribution in [-0.4, -0.2) is 60.3 Å². The van der Waals surface area contributed by atoms with E-state index in [-0.39, 0.29) is 0 Å². The van der Waals surface area contributed by atoms with E-state index in [9.17, 15) is 0 Å². The van der Waals surface area contributed by atoms with E-state index < -0.39 is 0 Å². The van der Waals surface area contributed by atoms with Crippen LogP contribution < -0.4 is 16.4 Å². The number of anilines is 3. The van der Waals surface area contributed by atoms with E-state index in [4.69, 9.17) is 16.2 Å². The molecule has 24 heavy (non-hydrogen) atoms. The molecule has 1 aromatic carbocycles. The summed E-state index contributed by atoms with van der Waals surface area (Å²) in [6.45, 7) is 5.85. The van der Waals surface area contributed by atoms with Crippen LogP contribution in [-0.2, 0) is 4.74 Å². The lowest BCUT2D eigenvalue weighted by Gasteiger charge is -2.41. The Kier molecular flexibility index (Phi) is 4.12. The third kappa shape index (κ3) is 2.85. The largest absolute Gasteiger partial charge is 0.397 e. The molecule has 128 valence electrons. The number of nitrogens with zero attached hydrogens (tertiary/aromatic N) is 4. The van der Waals surface area contributed by atoms with Crippen LogP contribution in [0.1, 0.15) is 12.8 Å². The van der Waals surface area contributed by atoms with Crippen LogP contribution in [0.4, 0.5) is 17.2 Å². The summed E-state index contributed by atoms with van der Waals surface area (Å²) >= 11 is 0. The first-order valence-corrected chi connectivity index (χ1v) is 8.59. The molecule has 3 heterocycles. The van der Waals surface area contributed by atoms with Gasteiger partial charge in [0.2, 0.25) is 0 Å². The highest BCUT2D eigenvalue weighted by Gasteiger charge is 2.26. The van der Waals surface area contributed by atoms with Crippen molar-refractivity contribution in [3.05, 3.63) is 18.5 Å². The quantitative estimate of drug-likeness (QED) is 0.797. The molecule has 2 aromatic rings. The summed E-state index contributed by atoms with van der Waals surface area (Å²) in [6, 6.07) is 4.59. The molecule has 0 atom stereocenters. The second-order valence-electron chi connectivity index (χ2n) is 6.55. The van der Waals surface area contributed by atoms with E-state index in [0.717, 1.165) is 74.5 Å². The number of rotatable bonds is 2. The van der Waals surface area contributed by atoms with Gasteiger partial charge in [-0.15, -0.1) is 0 Å². The van der Waals surface area contributed by atoms with Crippen molar-refractivity contribution >= 4 is 28.1 Å². The third-order valence-corrected chi connectivity index (χ3v) is 5.18. The van der Waals surface area contributed by atoms with Crippen molar-refractivity contribution < 1.29 is 4.74 Å². The van der Waals surface area contributed by atoms with Crippen LogP contribution in [0.25, 0.3) is 10.9 Å². The van der Waals surface area contributed by atoms with Crippen molar-refractivity contribution in [3.8, 4) is 0 Å². The van der Waals surface area contributed by atoms with Gasteiger partial charge in [0.05, 0.1) is 30.1 Å². The summed E-state index contributed by atoms with van der Waals surface area (Å²) in [5.74, 6) is 0.476. The molecule has 0 radical (unpaired) electrons. The number of nitrogen functional groups attached to an aromatic ring is 2. The van der Waals surface area contributed by atoms with Gasteiger partial charge in [-0.3, -0.25) is 4.90 Å². The van der Waals surface area contributed by atoms with Crippen molar-refractivity contribution in [2.75, 3.05) is 55.8 Å². The Morgan fingerprint density at radius 2 is 1.75 bits per heavy atom. The zero-order valence-corrected chi connectivity index (χ0v) is 13.8. The molecular formula is C17H24N6O. The maximum Gasteiger partial charge on any atom is 0.134 e. The molecule has 2 fully saturated rings. The number of piperidine rings is 1. The van der Waals surface area contributed by atoms with Gasteiger partial charge in [-0.2, -0.15) is 0 Å². The average Bonchev–Trinajstić information content (AvgIpc) is 2.63. The van der Waals surface area contributed by atoms with Crippen molar-refractivity contribution in [2.45, 2.75) is 18.9 Å². The van der Waals surface area contributed by atoms with Crippen molar-refractivity contribution in [1.29, 1.82) is 0 Å². The lowest BCUT2D eigenvalue weighted by atomic mass is 10.0. The van der Waals surface area contributed by atoms with E-state index >= 15 is 0 Å². The Balaban J connectivity index is 1.51. The van der Waals surface area contributed by atoms with Gasteiger partial charge in [0.15, 0.2) is 0 Å². The number of benzene rings is 1. The van der Waals surface area contributed by atoms with Crippen LogP contribution in [0, 0.1) is 0 Å². The molecule has 2 saturated heterocycles. The molecule has 7 nitrogen and oxygen atoms in total. The second kappa shape index (κ2) is 6.41. The van der Waals surface area contributed by atoms with Crippen LogP contribution >= 0.6 is 0 Å². The third-order valence-electron chi connectivity index (χ3n) is 5.18. The lowest BCUT2D eigenvalue weighted by molar-refractivity contribution is 0.0115. The number of fused-ring (bicyclic) bond motifs is 1. The molecule has 0 spiro atoms. The van der Waals surface area contributed by atoms with Gasteiger partial charge in [0.1, 0.15) is 12.1 Å². The number of aromatic nitrogens is 2. The van der Waals surface area contributed by atoms with Gasteiger partial charge in [-0.25, -0.2) is 9.97 Å². The first-order valence-electron chi connectivity index (χ1n) is 8.59. The molecule has 0 amide bonds. The topological polar surface area (TPSA) is 93.5 Å². The molecule has 7 heteroatoms. The first-order chi connectivity index (χ1) is 11.7. The number of morpholine rings is 1. The Morgan fingerprint density at radius 3 is 2.50 bits per heavy atom. The Labute approximate surface area is 141 Å². The first kappa shape index (κ1) is 15.4. The minimum atomic E-state index is 0.476. The molecule has 1 aromatic heterocycles. The standard InChI is InChI=1S/C17H24N6O/c18-14-9-13-15(20-11-21-17(13)19)10-16(14)23-3-1-12(2-4-23)22-5-7-24-8-6-22/h9-12H,1-8,18H2,(H2,19,20,21). The van der Waals surface area contributed by atoms with E-state index in [1.165, 1.54) is 6.33 Å². The van der Waals surface area contributed by atoms with Gasteiger partial charge in [0, 0.05) is 37.6 Å². The SMILES string of the molecule is Nc1cc2c(N)ncnc2cc1N1CCC(N2CCOCC2)CC1. The predicted molar refractivity (Wildman–Crippen MR) is 96.0 cm³/mol. The van der Waals surface area contributed by atoms with Gasteiger partial charge in [-0.05, 0) is 25.0 Å². The summed E-state index contributed by atoms with van der Waals surface area (Å²) < 4.78 is 5.46. The van der Waals surface area contributed by atoms with Gasteiger partial charge >= 0.3 is 0 Å². The highest BCUT2D eigenvalue weighted by molar-refractivity contribution is 5.94. The summed E-state index contributed by atoms with van der Waals surface area (Å²) in [5.41, 5.74) is 14.9. The molecule has 4 rings (SSSR count). The van der Waals surface area contributed by atoms with Crippen molar-refractivity contribution in [2.24, 2.45) is 0 Å². The maximum atomic E-state index is 6.28. The fourth-order valence-corrected chi connectivity index (χ4v) is 3.82. The minimum Gasteiger partial charge on any atom is -0.397 e. The molecule has 0 unspecified atom stereocenters. The highest BCUT2D eigenvalue weighted by atomic mass is 16.5. The number of hydrogen-bond donors (Lipinski definition) is 2. The second-order valence-corrected chi connectivity index (χ2v) is 6.55. The summed E-state index contributed by atoms with van der Waals surface area (Å²) in [6.07, 6.45) is 3.81. The average molecular weight is 328 g/mol. The molecule has 0 saturated carbocycles. The smallest absolute Gasteiger partial charge is 0.134 e. The fourth-order valence-electron chi connectivity index (χ4n) is 3.82. The van der Waals surface area contributed by atoms with Crippen LogP contribution in [0.2, 0.25) is 0 Å². The van der Waals surface area contributed by atoms with Crippen LogP contribution in [0.5, 0.6) is 0 Å². The molecule has 2 aliphatic rings. The maximum absolute atomic E-state index is 6.28. The summed E-state index contributed by atoms with van der Waals surface area (Å²) in [4.78, 5) is 13.3.